The summed E-state index contributed by atoms with van der Waals surface area (Å²) in [5, 5.41) is 7.50. The van der Waals surface area contributed by atoms with Crippen LogP contribution in [0, 0.1) is 6.92 Å². The minimum atomic E-state index is 0.0239. The molecule has 1 N–H and O–H groups in total. The Morgan fingerprint density at radius 1 is 1.30 bits per heavy atom. The molecule has 1 aromatic carbocycles. The average molecular weight is 312 g/mol. The third-order valence-electron chi connectivity index (χ3n) is 4.39. The first-order chi connectivity index (χ1) is 11.1. The summed E-state index contributed by atoms with van der Waals surface area (Å²) in [4.78, 5) is 14.7. The van der Waals surface area contributed by atoms with Crippen LogP contribution in [0.2, 0.25) is 0 Å². The predicted molar refractivity (Wildman–Crippen MR) is 91.8 cm³/mol. The lowest BCUT2D eigenvalue weighted by Gasteiger charge is -2.32. The number of nitrogens with zero attached hydrogens (tertiary/aromatic N) is 3. The van der Waals surface area contributed by atoms with Gasteiger partial charge < -0.3 is 5.32 Å². The quantitative estimate of drug-likeness (QED) is 0.944. The number of nitrogens with one attached hydrogen (secondary N) is 1. The van der Waals surface area contributed by atoms with E-state index in [1.165, 1.54) is 19.3 Å². The first-order valence-corrected chi connectivity index (χ1v) is 8.29. The third-order valence-corrected chi connectivity index (χ3v) is 4.39. The molecule has 0 radical (unpaired) electrons. The standard InChI is InChI=1S/C18H24N4O/c1-14-12-17(22(20-14)16-9-4-3-5-10-16)19-18(23)13-21-11-7-6-8-15(21)2/h3-5,9-10,12,15H,6-8,11,13H2,1-2H3,(H,19,23)/t15-/m1/s1. The molecule has 0 aliphatic carbocycles. The van der Waals surface area contributed by atoms with Crippen molar-refractivity contribution in [3.05, 3.63) is 42.1 Å². The minimum Gasteiger partial charge on any atom is -0.309 e. The zero-order valence-electron chi connectivity index (χ0n) is 13.8. The zero-order chi connectivity index (χ0) is 16.2. The molecule has 1 aliphatic rings. The average Bonchev–Trinajstić information content (AvgIpc) is 2.91. The van der Waals surface area contributed by atoms with Crippen molar-refractivity contribution in [2.45, 2.75) is 39.2 Å². The number of aryl methyl sites for hydroxylation is 1. The highest BCUT2D eigenvalue weighted by Crippen LogP contribution is 2.18. The molecule has 5 nitrogen and oxygen atoms in total. The molecular weight excluding hydrogens is 288 g/mol. The number of carbonyl (C=O) groups excluding carboxylic acids is 1. The molecule has 122 valence electrons. The second-order valence-electron chi connectivity index (χ2n) is 6.28. The summed E-state index contributed by atoms with van der Waals surface area (Å²) in [5.41, 5.74) is 1.83. The van der Waals surface area contributed by atoms with Crippen molar-refractivity contribution in [1.29, 1.82) is 0 Å². The molecule has 5 heteroatoms. The molecule has 3 rings (SSSR count). The maximum Gasteiger partial charge on any atom is 0.239 e. The lowest BCUT2D eigenvalue weighted by atomic mass is 10.0. The van der Waals surface area contributed by atoms with Crippen LogP contribution in [0.5, 0.6) is 0 Å². The second-order valence-corrected chi connectivity index (χ2v) is 6.28. The summed E-state index contributed by atoms with van der Waals surface area (Å²) in [6.45, 7) is 5.58. The zero-order valence-corrected chi connectivity index (χ0v) is 13.8. The number of anilines is 1. The highest BCUT2D eigenvalue weighted by Gasteiger charge is 2.21. The molecule has 1 aromatic heterocycles. The van der Waals surface area contributed by atoms with Crippen LogP contribution in [0.3, 0.4) is 0 Å². The topological polar surface area (TPSA) is 50.2 Å². The summed E-state index contributed by atoms with van der Waals surface area (Å²) >= 11 is 0. The lowest BCUT2D eigenvalue weighted by Crippen LogP contribution is -2.42. The maximum absolute atomic E-state index is 12.4. The van der Waals surface area contributed by atoms with Gasteiger partial charge in [-0.25, -0.2) is 4.68 Å². The lowest BCUT2D eigenvalue weighted by molar-refractivity contribution is -0.118. The van der Waals surface area contributed by atoms with Crippen molar-refractivity contribution in [2.75, 3.05) is 18.4 Å². The largest absolute Gasteiger partial charge is 0.309 e. The van der Waals surface area contributed by atoms with Gasteiger partial charge in [0.25, 0.3) is 0 Å². The van der Waals surface area contributed by atoms with Crippen LogP contribution in [0.25, 0.3) is 5.69 Å². The number of para-hydroxylation sites is 1. The molecule has 1 amide bonds. The Hall–Kier alpha value is -2.14. The van der Waals surface area contributed by atoms with Crippen LogP contribution < -0.4 is 5.32 Å². The van der Waals surface area contributed by atoms with E-state index in [0.717, 1.165) is 23.7 Å². The molecule has 2 heterocycles. The van der Waals surface area contributed by atoms with E-state index in [2.05, 4.69) is 22.2 Å². The number of rotatable bonds is 4. The van der Waals surface area contributed by atoms with E-state index < -0.39 is 0 Å². The van der Waals surface area contributed by atoms with E-state index in [0.29, 0.717) is 12.6 Å². The van der Waals surface area contributed by atoms with E-state index >= 15 is 0 Å². The Kier molecular flexibility index (Phi) is 4.76. The minimum absolute atomic E-state index is 0.0239. The van der Waals surface area contributed by atoms with Gasteiger partial charge in [0, 0.05) is 12.1 Å². The van der Waals surface area contributed by atoms with Gasteiger partial charge in [0.05, 0.1) is 17.9 Å². The molecule has 0 bridgehead atoms. The molecule has 0 saturated carbocycles. The second kappa shape index (κ2) is 6.96. The number of benzene rings is 1. The Morgan fingerprint density at radius 3 is 2.83 bits per heavy atom. The van der Waals surface area contributed by atoms with Gasteiger partial charge in [-0.05, 0) is 45.4 Å². The fourth-order valence-electron chi connectivity index (χ4n) is 3.11. The van der Waals surface area contributed by atoms with Gasteiger partial charge >= 0.3 is 0 Å². The number of carbonyl (C=O) groups is 1. The van der Waals surface area contributed by atoms with Gasteiger partial charge in [-0.3, -0.25) is 9.69 Å². The Morgan fingerprint density at radius 2 is 2.09 bits per heavy atom. The van der Waals surface area contributed by atoms with Crippen molar-refractivity contribution in [3.63, 3.8) is 0 Å². The fraction of sp³-hybridized carbons (Fsp3) is 0.444. The van der Waals surface area contributed by atoms with E-state index in [1.807, 2.05) is 43.3 Å². The number of likely N-dealkylation sites (tertiary alicyclic amines) is 1. The van der Waals surface area contributed by atoms with Crippen molar-refractivity contribution in [3.8, 4) is 5.69 Å². The molecule has 1 fully saturated rings. The van der Waals surface area contributed by atoms with Crippen LogP contribution in [0.1, 0.15) is 31.9 Å². The van der Waals surface area contributed by atoms with Crippen molar-refractivity contribution >= 4 is 11.7 Å². The molecule has 1 aliphatic heterocycles. The van der Waals surface area contributed by atoms with Gasteiger partial charge in [0.1, 0.15) is 5.82 Å². The van der Waals surface area contributed by atoms with Crippen LogP contribution >= 0.6 is 0 Å². The smallest absolute Gasteiger partial charge is 0.239 e. The first-order valence-electron chi connectivity index (χ1n) is 8.29. The van der Waals surface area contributed by atoms with Gasteiger partial charge in [0.15, 0.2) is 0 Å². The summed E-state index contributed by atoms with van der Waals surface area (Å²) in [5.74, 6) is 0.749. The Labute approximate surface area is 137 Å². The number of aromatic nitrogens is 2. The van der Waals surface area contributed by atoms with Crippen molar-refractivity contribution in [2.24, 2.45) is 0 Å². The van der Waals surface area contributed by atoms with E-state index in [4.69, 9.17) is 0 Å². The molecule has 23 heavy (non-hydrogen) atoms. The molecular formula is C18H24N4O. The molecule has 1 saturated heterocycles. The molecule has 0 spiro atoms. The molecule has 1 atom stereocenters. The predicted octanol–water partition coefficient (Wildman–Crippen LogP) is 2.99. The van der Waals surface area contributed by atoms with E-state index in [-0.39, 0.29) is 5.91 Å². The number of piperidine rings is 1. The van der Waals surface area contributed by atoms with Crippen molar-refractivity contribution in [1.82, 2.24) is 14.7 Å². The third kappa shape index (κ3) is 3.79. The monoisotopic (exact) mass is 312 g/mol. The van der Waals surface area contributed by atoms with Gasteiger partial charge in [-0.2, -0.15) is 5.10 Å². The summed E-state index contributed by atoms with van der Waals surface area (Å²) in [7, 11) is 0. The highest BCUT2D eigenvalue weighted by atomic mass is 16.2. The first kappa shape index (κ1) is 15.7. The summed E-state index contributed by atoms with van der Waals surface area (Å²) in [6, 6.07) is 12.3. The Bertz CT molecular complexity index is 665. The van der Waals surface area contributed by atoms with Crippen LogP contribution in [-0.4, -0.2) is 39.7 Å². The summed E-state index contributed by atoms with van der Waals surface area (Å²) < 4.78 is 1.78. The number of amides is 1. The Balaban J connectivity index is 1.71. The molecule has 2 aromatic rings. The van der Waals surface area contributed by atoms with Crippen LogP contribution in [0.15, 0.2) is 36.4 Å². The van der Waals surface area contributed by atoms with E-state index in [1.54, 1.807) is 4.68 Å². The normalized spacial score (nSPS) is 18.8. The summed E-state index contributed by atoms with van der Waals surface area (Å²) in [6.07, 6.45) is 3.62. The maximum atomic E-state index is 12.4. The number of hydrogen-bond donors (Lipinski definition) is 1. The number of hydrogen-bond acceptors (Lipinski definition) is 3. The van der Waals surface area contributed by atoms with Crippen molar-refractivity contribution < 1.29 is 4.79 Å². The van der Waals surface area contributed by atoms with Crippen LogP contribution in [0.4, 0.5) is 5.82 Å². The fourth-order valence-corrected chi connectivity index (χ4v) is 3.11. The van der Waals surface area contributed by atoms with Crippen LogP contribution in [-0.2, 0) is 4.79 Å². The van der Waals surface area contributed by atoms with E-state index in [9.17, 15) is 4.79 Å². The highest BCUT2D eigenvalue weighted by molar-refractivity contribution is 5.91. The van der Waals surface area contributed by atoms with Gasteiger partial charge in [-0.15, -0.1) is 0 Å². The van der Waals surface area contributed by atoms with Gasteiger partial charge in [0.2, 0.25) is 5.91 Å². The molecule has 0 unspecified atom stereocenters. The van der Waals surface area contributed by atoms with Gasteiger partial charge in [-0.1, -0.05) is 24.6 Å². The SMILES string of the molecule is Cc1cc(NC(=O)CN2CCCC[C@H]2C)n(-c2ccccc2)n1.